The largest absolute Gasteiger partial charge is 0.457 e. The van der Waals surface area contributed by atoms with Gasteiger partial charge in [0.05, 0.1) is 5.56 Å². The molecule has 0 aliphatic carbocycles. The average molecular weight is 342 g/mol. The molecule has 0 unspecified atom stereocenters. The van der Waals surface area contributed by atoms with E-state index in [1.54, 1.807) is 6.07 Å². The molecular weight excluding hydrogens is 332 g/mol. The number of esters is 1. The molecule has 0 heterocycles. The highest BCUT2D eigenvalue weighted by molar-refractivity contribution is 9.10. The van der Waals surface area contributed by atoms with Crippen LogP contribution in [0, 0.1) is 11.6 Å². The molecule has 20 heavy (non-hydrogen) atoms. The smallest absolute Gasteiger partial charge is 0.341 e. The summed E-state index contributed by atoms with van der Waals surface area (Å²) in [5.41, 5.74) is 5.55. The molecule has 104 valence electrons. The second kappa shape index (κ2) is 6.00. The van der Waals surface area contributed by atoms with Gasteiger partial charge in [-0.15, -0.1) is 0 Å². The summed E-state index contributed by atoms with van der Waals surface area (Å²) in [7, 11) is 0. The zero-order chi connectivity index (χ0) is 14.7. The van der Waals surface area contributed by atoms with Gasteiger partial charge in [-0.3, -0.25) is 0 Å². The van der Waals surface area contributed by atoms with Crippen molar-refractivity contribution in [1.29, 1.82) is 0 Å². The zero-order valence-corrected chi connectivity index (χ0v) is 11.8. The van der Waals surface area contributed by atoms with Gasteiger partial charge in [-0.1, -0.05) is 22.0 Å². The number of carbonyl (C=O) groups is 1. The van der Waals surface area contributed by atoms with E-state index >= 15 is 0 Å². The lowest BCUT2D eigenvalue weighted by Gasteiger charge is -2.07. The highest BCUT2D eigenvalue weighted by Crippen LogP contribution is 2.17. The van der Waals surface area contributed by atoms with Crippen molar-refractivity contribution in [2.45, 2.75) is 6.61 Å². The molecule has 2 aromatic carbocycles. The molecule has 0 aromatic heterocycles. The number of carbonyl (C=O) groups excluding carboxylic acids is 1. The van der Waals surface area contributed by atoms with E-state index in [0.717, 1.165) is 6.07 Å². The Hall–Kier alpha value is -1.95. The Morgan fingerprint density at radius 1 is 1.15 bits per heavy atom. The molecule has 0 fully saturated rings. The monoisotopic (exact) mass is 341 g/mol. The first kappa shape index (κ1) is 14.5. The summed E-state index contributed by atoms with van der Waals surface area (Å²) < 4.78 is 32.5. The summed E-state index contributed by atoms with van der Waals surface area (Å²) >= 11 is 3.12. The van der Waals surface area contributed by atoms with Gasteiger partial charge in [-0.25, -0.2) is 13.6 Å². The van der Waals surface area contributed by atoms with E-state index in [9.17, 15) is 13.6 Å². The molecule has 0 atom stereocenters. The Morgan fingerprint density at radius 3 is 2.55 bits per heavy atom. The van der Waals surface area contributed by atoms with Crippen LogP contribution in [0.1, 0.15) is 15.9 Å². The summed E-state index contributed by atoms with van der Waals surface area (Å²) in [6.07, 6.45) is 0. The summed E-state index contributed by atoms with van der Waals surface area (Å²) in [6, 6.07) is 8.00. The van der Waals surface area contributed by atoms with Crippen LogP contribution < -0.4 is 5.73 Å². The first-order chi connectivity index (χ1) is 9.47. The molecule has 0 aliphatic heterocycles. The number of nitrogens with two attached hydrogens (primary N) is 1. The minimum Gasteiger partial charge on any atom is -0.457 e. The minimum atomic E-state index is -0.871. The van der Waals surface area contributed by atoms with Crippen LogP contribution in [0.2, 0.25) is 0 Å². The van der Waals surface area contributed by atoms with E-state index in [2.05, 4.69) is 15.9 Å². The van der Waals surface area contributed by atoms with E-state index in [1.807, 2.05) is 0 Å². The van der Waals surface area contributed by atoms with Gasteiger partial charge < -0.3 is 10.5 Å². The van der Waals surface area contributed by atoms with Crippen LogP contribution in [0.5, 0.6) is 0 Å². The Balaban J connectivity index is 2.08. The zero-order valence-electron chi connectivity index (χ0n) is 10.2. The molecule has 2 aromatic rings. The van der Waals surface area contributed by atoms with E-state index in [0.29, 0.717) is 4.47 Å². The topological polar surface area (TPSA) is 52.3 Å². The van der Waals surface area contributed by atoms with Crippen molar-refractivity contribution in [3.63, 3.8) is 0 Å². The molecular formula is C14H10BrF2NO2. The number of anilines is 1. The number of hydrogen-bond acceptors (Lipinski definition) is 3. The van der Waals surface area contributed by atoms with Crippen LogP contribution in [0.3, 0.4) is 0 Å². The van der Waals surface area contributed by atoms with Crippen molar-refractivity contribution in [3.05, 3.63) is 63.6 Å². The first-order valence-corrected chi connectivity index (χ1v) is 6.43. The lowest BCUT2D eigenvalue weighted by Crippen LogP contribution is -2.08. The predicted octanol–water partition coefficient (Wildman–Crippen LogP) is 3.67. The van der Waals surface area contributed by atoms with Gasteiger partial charge in [-0.05, 0) is 30.3 Å². The quantitative estimate of drug-likeness (QED) is 0.684. The third-order valence-corrected chi connectivity index (χ3v) is 3.08. The minimum absolute atomic E-state index is 0.206. The highest BCUT2D eigenvalue weighted by atomic mass is 79.9. The summed E-state index contributed by atoms with van der Waals surface area (Å²) in [4.78, 5) is 11.7. The molecule has 0 bridgehead atoms. The van der Waals surface area contributed by atoms with Crippen molar-refractivity contribution in [1.82, 2.24) is 0 Å². The standard InChI is InChI=1S/C14H10BrF2NO2/c15-9-2-1-8(12(16)5-9)7-20-14(19)11-4-3-10(18)6-13(11)17/h1-6H,7,18H2. The van der Waals surface area contributed by atoms with Crippen LogP contribution in [0.4, 0.5) is 14.5 Å². The number of benzene rings is 2. The molecule has 0 radical (unpaired) electrons. The van der Waals surface area contributed by atoms with Crippen molar-refractivity contribution in [3.8, 4) is 0 Å². The van der Waals surface area contributed by atoms with Crippen LogP contribution >= 0.6 is 15.9 Å². The van der Waals surface area contributed by atoms with Gasteiger partial charge in [0, 0.05) is 15.7 Å². The molecule has 0 amide bonds. The molecule has 6 heteroatoms. The Kier molecular flexibility index (Phi) is 4.34. The fourth-order valence-corrected chi connectivity index (χ4v) is 1.89. The van der Waals surface area contributed by atoms with Gasteiger partial charge in [0.15, 0.2) is 0 Å². The van der Waals surface area contributed by atoms with Gasteiger partial charge in [0.25, 0.3) is 0 Å². The normalized spacial score (nSPS) is 10.3. The maximum atomic E-state index is 13.5. The maximum absolute atomic E-state index is 13.5. The van der Waals surface area contributed by atoms with Gasteiger partial charge in [0.2, 0.25) is 0 Å². The SMILES string of the molecule is Nc1ccc(C(=O)OCc2ccc(Br)cc2F)c(F)c1. The van der Waals surface area contributed by atoms with Crippen molar-refractivity contribution < 1.29 is 18.3 Å². The van der Waals surface area contributed by atoms with Crippen LogP contribution in [0.15, 0.2) is 40.9 Å². The summed E-state index contributed by atoms with van der Waals surface area (Å²) in [5.74, 6) is -2.15. The molecule has 0 aliphatic rings. The van der Waals surface area contributed by atoms with Crippen LogP contribution in [-0.2, 0) is 11.3 Å². The van der Waals surface area contributed by atoms with Crippen molar-refractivity contribution in [2.24, 2.45) is 0 Å². The third kappa shape index (κ3) is 3.33. The molecule has 0 spiro atoms. The second-order valence-corrected chi connectivity index (χ2v) is 4.97. The Labute approximate surface area is 122 Å². The van der Waals surface area contributed by atoms with E-state index in [4.69, 9.17) is 10.5 Å². The highest BCUT2D eigenvalue weighted by Gasteiger charge is 2.14. The number of hydrogen-bond donors (Lipinski definition) is 1. The average Bonchev–Trinajstić information content (AvgIpc) is 2.37. The van der Waals surface area contributed by atoms with Crippen LogP contribution in [-0.4, -0.2) is 5.97 Å². The molecule has 2 N–H and O–H groups in total. The Bertz CT molecular complexity index is 662. The molecule has 0 saturated carbocycles. The lowest BCUT2D eigenvalue weighted by atomic mass is 10.2. The summed E-state index contributed by atoms with van der Waals surface area (Å²) in [6.45, 7) is -0.276. The maximum Gasteiger partial charge on any atom is 0.341 e. The van der Waals surface area contributed by atoms with E-state index in [1.165, 1.54) is 24.3 Å². The first-order valence-electron chi connectivity index (χ1n) is 5.63. The fraction of sp³-hybridized carbons (Fsp3) is 0.0714. The van der Waals surface area contributed by atoms with Gasteiger partial charge in [0.1, 0.15) is 18.2 Å². The number of rotatable bonds is 3. The summed E-state index contributed by atoms with van der Waals surface area (Å²) in [5, 5.41) is 0. The molecule has 3 nitrogen and oxygen atoms in total. The second-order valence-electron chi connectivity index (χ2n) is 4.05. The van der Waals surface area contributed by atoms with E-state index < -0.39 is 17.6 Å². The van der Waals surface area contributed by atoms with Gasteiger partial charge >= 0.3 is 5.97 Å². The van der Waals surface area contributed by atoms with E-state index in [-0.39, 0.29) is 23.4 Å². The van der Waals surface area contributed by atoms with Crippen molar-refractivity contribution in [2.75, 3.05) is 5.73 Å². The van der Waals surface area contributed by atoms with Crippen LogP contribution in [0.25, 0.3) is 0 Å². The molecule has 0 saturated heterocycles. The third-order valence-electron chi connectivity index (χ3n) is 2.59. The van der Waals surface area contributed by atoms with Crippen molar-refractivity contribution >= 4 is 27.6 Å². The predicted molar refractivity (Wildman–Crippen MR) is 74.0 cm³/mol. The lowest BCUT2D eigenvalue weighted by molar-refractivity contribution is 0.0463. The fourth-order valence-electron chi connectivity index (χ4n) is 1.56. The Morgan fingerprint density at radius 2 is 1.90 bits per heavy atom. The number of nitrogen functional groups attached to an aromatic ring is 1. The molecule has 2 rings (SSSR count). The van der Waals surface area contributed by atoms with Gasteiger partial charge in [-0.2, -0.15) is 0 Å². The number of halogens is 3. The number of ether oxygens (including phenoxy) is 1.